The summed E-state index contributed by atoms with van der Waals surface area (Å²) in [5.41, 5.74) is 6.20. The molecule has 170 valence electrons. The number of sulfonamides is 1. The number of hydrogen-bond acceptors (Lipinski definition) is 7. The molecule has 0 saturated heterocycles. The van der Waals surface area contributed by atoms with Crippen molar-refractivity contribution < 1.29 is 27.9 Å². The Morgan fingerprint density at radius 1 is 1.29 bits per heavy atom. The molecule has 0 aliphatic heterocycles. The number of ether oxygens (including phenoxy) is 1. The average molecular weight is 455 g/mol. The molecule has 0 radical (unpaired) electrons. The molecule has 0 aliphatic carbocycles. The fourth-order valence-corrected chi connectivity index (χ4v) is 3.43. The maximum atomic E-state index is 14.5. The molecule has 0 spiro atoms. The molecule has 0 saturated carbocycles. The van der Waals surface area contributed by atoms with E-state index in [0.29, 0.717) is 11.3 Å². The van der Waals surface area contributed by atoms with Crippen molar-refractivity contribution in [1.82, 2.24) is 5.32 Å². The molecule has 11 heteroatoms. The standard InChI is InChI=1S/C20H27FN4O5S/c1-12-4-6-15(19(22)25-27)18(8-12)30-11-13(26)10-24-20(2,3)16-7-5-14(9-17(16)21)31(23,28)29/h4-9,13,24,26-27H,10-11H2,1-3H3,(H2,22,25)(H2,23,28,29)/t13-/m0/s1. The summed E-state index contributed by atoms with van der Waals surface area (Å²) in [6.07, 6.45) is -0.966. The highest BCUT2D eigenvalue weighted by Gasteiger charge is 2.26. The van der Waals surface area contributed by atoms with E-state index in [1.165, 1.54) is 12.1 Å². The predicted molar refractivity (Wildman–Crippen MR) is 114 cm³/mol. The highest BCUT2D eigenvalue weighted by atomic mass is 32.2. The minimum atomic E-state index is -4.01. The molecule has 7 N–H and O–H groups in total. The van der Waals surface area contributed by atoms with Crippen LogP contribution in [0.3, 0.4) is 0 Å². The third kappa shape index (κ3) is 6.37. The van der Waals surface area contributed by atoms with Crippen molar-refractivity contribution in [3.63, 3.8) is 0 Å². The molecule has 0 unspecified atom stereocenters. The summed E-state index contributed by atoms with van der Waals surface area (Å²) in [5, 5.41) is 30.2. The van der Waals surface area contributed by atoms with Crippen molar-refractivity contribution in [2.75, 3.05) is 13.2 Å². The van der Waals surface area contributed by atoms with Crippen molar-refractivity contribution in [3.05, 3.63) is 58.9 Å². The lowest BCUT2D eigenvalue weighted by Gasteiger charge is -2.29. The number of benzene rings is 2. The molecule has 0 aliphatic rings. The molecule has 0 amide bonds. The van der Waals surface area contributed by atoms with Gasteiger partial charge in [-0.25, -0.2) is 17.9 Å². The normalized spacial score (nSPS) is 13.8. The van der Waals surface area contributed by atoms with Crippen molar-refractivity contribution in [2.24, 2.45) is 16.0 Å². The maximum absolute atomic E-state index is 14.5. The number of aliphatic hydroxyl groups is 1. The van der Waals surface area contributed by atoms with E-state index in [4.69, 9.17) is 20.8 Å². The van der Waals surface area contributed by atoms with Gasteiger partial charge in [0.15, 0.2) is 5.84 Å². The van der Waals surface area contributed by atoms with Gasteiger partial charge < -0.3 is 26.1 Å². The molecule has 0 heterocycles. The van der Waals surface area contributed by atoms with Crippen LogP contribution in [0.4, 0.5) is 4.39 Å². The second-order valence-corrected chi connectivity index (χ2v) is 9.20. The van der Waals surface area contributed by atoms with E-state index in [0.717, 1.165) is 11.6 Å². The fourth-order valence-electron chi connectivity index (χ4n) is 2.91. The average Bonchev–Trinajstić information content (AvgIpc) is 2.69. The molecule has 2 aromatic rings. The molecule has 1 atom stereocenters. The van der Waals surface area contributed by atoms with Crippen molar-refractivity contribution in [2.45, 2.75) is 37.3 Å². The Labute approximate surface area is 180 Å². The van der Waals surface area contributed by atoms with Gasteiger partial charge in [0.2, 0.25) is 10.0 Å². The van der Waals surface area contributed by atoms with Gasteiger partial charge in [0.05, 0.1) is 10.5 Å². The lowest BCUT2D eigenvalue weighted by molar-refractivity contribution is 0.0983. The summed E-state index contributed by atoms with van der Waals surface area (Å²) in [5.74, 6) is -0.515. The van der Waals surface area contributed by atoms with Gasteiger partial charge >= 0.3 is 0 Å². The number of halogens is 1. The molecule has 0 fully saturated rings. The van der Waals surface area contributed by atoms with Gasteiger partial charge in [-0.3, -0.25) is 0 Å². The number of aliphatic hydroxyl groups excluding tert-OH is 1. The number of aryl methyl sites for hydroxylation is 1. The number of oxime groups is 1. The van der Waals surface area contributed by atoms with E-state index in [2.05, 4.69) is 10.5 Å². The highest BCUT2D eigenvalue weighted by Crippen LogP contribution is 2.25. The van der Waals surface area contributed by atoms with Crippen LogP contribution in [0.25, 0.3) is 0 Å². The van der Waals surface area contributed by atoms with Gasteiger partial charge in [-0.1, -0.05) is 17.3 Å². The van der Waals surface area contributed by atoms with E-state index in [9.17, 15) is 17.9 Å². The number of hydrogen-bond donors (Lipinski definition) is 5. The molecule has 0 bridgehead atoms. The topological polar surface area (TPSA) is 160 Å². The Hall–Kier alpha value is -2.73. The Kier molecular flexibility index (Phi) is 7.60. The quantitative estimate of drug-likeness (QED) is 0.164. The zero-order chi connectivity index (χ0) is 23.4. The first-order chi connectivity index (χ1) is 14.3. The van der Waals surface area contributed by atoms with Gasteiger partial charge in [-0.2, -0.15) is 0 Å². The van der Waals surface area contributed by atoms with Gasteiger partial charge in [-0.05, 0) is 50.6 Å². The largest absolute Gasteiger partial charge is 0.490 e. The first-order valence-electron chi connectivity index (χ1n) is 9.32. The number of nitrogens with zero attached hydrogens (tertiary/aromatic N) is 1. The second kappa shape index (κ2) is 9.60. The summed E-state index contributed by atoms with van der Waals surface area (Å²) in [4.78, 5) is -0.322. The molecule has 2 aromatic carbocycles. The third-order valence-electron chi connectivity index (χ3n) is 4.67. The van der Waals surface area contributed by atoms with Crippen LogP contribution in [0.15, 0.2) is 46.4 Å². The van der Waals surface area contributed by atoms with E-state index in [-0.39, 0.29) is 29.4 Å². The van der Waals surface area contributed by atoms with Crippen LogP contribution in [0.5, 0.6) is 5.75 Å². The van der Waals surface area contributed by atoms with Crippen molar-refractivity contribution >= 4 is 15.9 Å². The van der Waals surface area contributed by atoms with E-state index < -0.39 is 27.5 Å². The van der Waals surface area contributed by atoms with E-state index >= 15 is 0 Å². The van der Waals surface area contributed by atoms with Crippen LogP contribution < -0.4 is 20.9 Å². The predicted octanol–water partition coefficient (Wildman–Crippen LogP) is 1.14. The number of amidine groups is 1. The summed E-state index contributed by atoms with van der Waals surface area (Å²) < 4.78 is 42.9. The first kappa shape index (κ1) is 24.5. The van der Waals surface area contributed by atoms with Gasteiger partial charge in [0.25, 0.3) is 0 Å². The van der Waals surface area contributed by atoms with Crippen molar-refractivity contribution in [3.8, 4) is 5.75 Å². The molecular formula is C20H27FN4O5S. The monoisotopic (exact) mass is 454 g/mol. The molecule has 0 aromatic heterocycles. The van der Waals surface area contributed by atoms with E-state index in [1.54, 1.807) is 32.0 Å². The Morgan fingerprint density at radius 2 is 1.97 bits per heavy atom. The Balaban J connectivity index is 2.04. The number of rotatable bonds is 9. The number of nitrogens with one attached hydrogen (secondary N) is 1. The molecule has 9 nitrogen and oxygen atoms in total. The first-order valence-corrected chi connectivity index (χ1v) is 10.9. The van der Waals surface area contributed by atoms with Crippen LogP contribution in [0.2, 0.25) is 0 Å². The smallest absolute Gasteiger partial charge is 0.238 e. The van der Waals surface area contributed by atoms with Crippen molar-refractivity contribution in [1.29, 1.82) is 0 Å². The zero-order valence-corrected chi connectivity index (χ0v) is 18.3. The SMILES string of the molecule is Cc1ccc(C(N)=NO)c(OC[C@@H](O)CNC(C)(C)c2ccc(S(N)(=O)=O)cc2F)c1. The minimum absolute atomic E-state index is 0.0497. The molecule has 31 heavy (non-hydrogen) atoms. The Morgan fingerprint density at radius 3 is 2.55 bits per heavy atom. The second-order valence-electron chi connectivity index (χ2n) is 7.64. The van der Waals surface area contributed by atoms with Crippen LogP contribution in [0.1, 0.15) is 30.5 Å². The lowest BCUT2D eigenvalue weighted by Crippen LogP contribution is -2.43. The third-order valence-corrected chi connectivity index (χ3v) is 5.59. The summed E-state index contributed by atoms with van der Waals surface area (Å²) in [7, 11) is -4.01. The number of primary sulfonamides is 1. The fraction of sp³-hybridized carbons (Fsp3) is 0.350. The van der Waals surface area contributed by atoms with Crippen LogP contribution in [-0.2, 0) is 15.6 Å². The van der Waals surface area contributed by atoms with Gasteiger partial charge in [0.1, 0.15) is 24.3 Å². The summed E-state index contributed by atoms with van der Waals surface area (Å²) in [6, 6.07) is 8.53. The molecule has 2 rings (SSSR count). The summed E-state index contributed by atoms with van der Waals surface area (Å²) >= 11 is 0. The Bertz CT molecular complexity index is 1070. The zero-order valence-electron chi connectivity index (χ0n) is 17.5. The summed E-state index contributed by atoms with van der Waals surface area (Å²) in [6.45, 7) is 5.16. The van der Waals surface area contributed by atoms with Gasteiger partial charge in [-0.15, -0.1) is 0 Å². The highest BCUT2D eigenvalue weighted by molar-refractivity contribution is 7.89. The van der Waals surface area contributed by atoms with Crippen LogP contribution in [0, 0.1) is 12.7 Å². The minimum Gasteiger partial charge on any atom is -0.490 e. The number of nitrogens with two attached hydrogens (primary N) is 2. The van der Waals surface area contributed by atoms with Crippen LogP contribution >= 0.6 is 0 Å². The van der Waals surface area contributed by atoms with Gasteiger partial charge in [0, 0.05) is 17.6 Å². The maximum Gasteiger partial charge on any atom is 0.238 e. The van der Waals surface area contributed by atoms with E-state index in [1.807, 2.05) is 6.92 Å². The molecular weight excluding hydrogens is 427 g/mol. The van der Waals surface area contributed by atoms with Crippen LogP contribution in [-0.4, -0.2) is 43.8 Å². The lowest BCUT2D eigenvalue weighted by atomic mass is 9.93.